The Bertz CT molecular complexity index is 3360. The molecular formula is C54H53FN10O9. The first kappa shape index (κ1) is 48.2. The molecule has 6 heterocycles. The Balaban J connectivity index is 0.674. The van der Waals surface area contributed by atoms with Crippen LogP contribution in [0.15, 0.2) is 107 Å². The number of nitrogens with zero attached hydrogens (tertiary/aromatic N) is 6. The van der Waals surface area contributed by atoms with Crippen LogP contribution in [0.5, 0.6) is 17.2 Å². The number of piperazine rings is 1. The minimum absolute atomic E-state index is 0.00562. The number of imide groups is 1. The molecule has 3 atom stereocenters. The maximum Gasteiger partial charge on any atom is 0.272 e. The monoisotopic (exact) mass is 1000 g/mol. The summed E-state index contributed by atoms with van der Waals surface area (Å²) in [4.78, 5) is 107. The van der Waals surface area contributed by atoms with Gasteiger partial charge in [0.2, 0.25) is 29.5 Å². The number of likely N-dealkylation sites (tertiary alicyclic amines) is 2. The highest BCUT2D eigenvalue weighted by atomic mass is 19.1. The van der Waals surface area contributed by atoms with E-state index in [2.05, 4.69) is 45.9 Å². The highest BCUT2D eigenvalue weighted by Gasteiger charge is 2.56. The molecular weight excluding hydrogens is 952 g/mol. The molecule has 4 aromatic carbocycles. The number of anilines is 4. The average molecular weight is 1010 g/mol. The molecule has 2 bridgehead atoms. The number of hydrogen-bond acceptors (Lipinski definition) is 14. The van der Waals surface area contributed by atoms with Crippen LogP contribution in [0, 0.1) is 17.2 Å². The summed E-state index contributed by atoms with van der Waals surface area (Å²) >= 11 is 0. The van der Waals surface area contributed by atoms with Gasteiger partial charge in [-0.15, -0.1) is 0 Å². The molecule has 20 heteroatoms. The zero-order valence-corrected chi connectivity index (χ0v) is 40.5. The van der Waals surface area contributed by atoms with Gasteiger partial charge in [-0.25, -0.2) is 4.39 Å². The summed E-state index contributed by atoms with van der Waals surface area (Å²) in [6.45, 7) is 4.38. The van der Waals surface area contributed by atoms with E-state index in [1.807, 2.05) is 12.1 Å². The second-order valence-electron chi connectivity index (χ2n) is 19.8. The number of carbonyl (C=O) groups excluding carboxylic acids is 5. The quantitative estimate of drug-likeness (QED) is 0.0814. The molecule has 74 heavy (non-hydrogen) atoms. The molecule has 1 saturated carbocycles. The van der Waals surface area contributed by atoms with Crippen molar-refractivity contribution in [2.45, 2.75) is 63.1 Å². The van der Waals surface area contributed by atoms with Crippen molar-refractivity contribution >= 4 is 74.1 Å². The Kier molecular flexibility index (Phi) is 12.8. The predicted molar refractivity (Wildman–Crippen MR) is 273 cm³/mol. The van der Waals surface area contributed by atoms with Crippen LogP contribution in [0.1, 0.15) is 51.0 Å². The van der Waals surface area contributed by atoms with Crippen LogP contribution in [-0.2, 0) is 24.0 Å². The molecule has 1 unspecified atom stereocenters. The van der Waals surface area contributed by atoms with Crippen LogP contribution in [0.2, 0.25) is 0 Å². The van der Waals surface area contributed by atoms with E-state index in [1.54, 1.807) is 61.8 Å². The first-order chi connectivity index (χ1) is 35.8. The van der Waals surface area contributed by atoms with Crippen molar-refractivity contribution in [3.05, 3.63) is 124 Å². The van der Waals surface area contributed by atoms with Gasteiger partial charge in [0.25, 0.3) is 11.1 Å². The molecule has 4 saturated heterocycles. The van der Waals surface area contributed by atoms with E-state index < -0.39 is 52.0 Å². The van der Waals surface area contributed by atoms with Crippen LogP contribution in [-0.4, -0.2) is 112 Å². The Morgan fingerprint density at radius 2 is 1.50 bits per heavy atom. The zero-order valence-electron chi connectivity index (χ0n) is 40.5. The third-order valence-electron chi connectivity index (χ3n) is 15.1. The SMILES string of the molecule is COc1cc2c(Oc3ccc(NC(=O)C4(C(=O)Nc5ccc(F)cc5)CC4)cc3)ccnc2cc1N1CCC(CN2C[C@@H]3C[C@H]2CN3CC(=O)Nc2cccc3ncc(=O)n(C4CCC(=O)NC4=O)c(=O)c23)CC1. The lowest BCUT2D eigenvalue weighted by atomic mass is 9.95. The normalized spacial score (nSPS) is 20.6. The second-order valence-corrected chi connectivity index (χ2v) is 19.8. The van der Waals surface area contributed by atoms with Gasteiger partial charge in [-0.1, -0.05) is 6.07 Å². The third kappa shape index (κ3) is 9.53. The summed E-state index contributed by atoms with van der Waals surface area (Å²) in [6, 6.07) is 22.2. The van der Waals surface area contributed by atoms with Gasteiger partial charge in [0.15, 0.2) is 0 Å². The van der Waals surface area contributed by atoms with Crippen molar-refractivity contribution in [3.63, 3.8) is 0 Å². The van der Waals surface area contributed by atoms with Crippen molar-refractivity contribution in [1.29, 1.82) is 0 Å². The summed E-state index contributed by atoms with van der Waals surface area (Å²) < 4.78 is 26.5. The standard InChI is InChI=1S/C54H53FN10O9/c1-73-45-24-38-41(56-20-15-44(38)74-37-11-9-34(10-12-37)59-53(72)54(18-19-54)52(71)58-33-7-5-32(55)6-8-33)25-43(45)62-21-16-31(17-22-62)27-63-28-36-23-35(63)29-64(36)30-47(67)60-40-4-2-3-39-49(40)51(70)65(48(68)26-57-39)42-13-14-46(66)61-50(42)69/h2-12,15,20,24-26,31,35-36,42H,13-14,16-19,21-23,27-30H2,1H3,(H,58,71)(H,59,72)(H,60,67)(H,61,66,69)/t35-,36-,42?/m0/s1. The molecule has 19 nitrogen and oxygen atoms in total. The molecule has 5 aliphatic rings. The van der Waals surface area contributed by atoms with E-state index in [0.717, 1.165) is 79.3 Å². The molecule has 4 aliphatic heterocycles. The van der Waals surface area contributed by atoms with Gasteiger partial charge < -0.3 is 30.3 Å². The van der Waals surface area contributed by atoms with Crippen LogP contribution in [0.3, 0.4) is 0 Å². The lowest BCUT2D eigenvalue weighted by molar-refractivity contribution is -0.136. The first-order valence-corrected chi connectivity index (χ1v) is 24.9. The number of piperidine rings is 2. The van der Waals surface area contributed by atoms with E-state index >= 15 is 0 Å². The zero-order chi connectivity index (χ0) is 51.3. The fourth-order valence-corrected chi connectivity index (χ4v) is 11.0. The lowest BCUT2D eigenvalue weighted by Crippen LogP contribution is -2.50. The molecule has 2 aromatic heterocycles. The molecule has 0 spiro atoms. The van der Waals surface area contributed by atoms with E-state index in [4.69, 9.17) is 9.47 Å². The smallest absolute Gasteiger partial charge is 0.272 e. The summed E-state index contributed by atoms with van der Waals surface area (Å²) in [7, 11) is 1.66. The van der Waals surface area contributed by atoms with Gasteiger partial charge in [0, 0.05) is 74.2 Å². The number of aromatic nitrogens is 3. The number of nitrogens with one attached hydrogen (secondary N) is 4. The van der Waals surface area contributed by atoms with Crippen LogP contribution >= 0.6 is 0 Å². The highest BCUT2D eigenvalue weighted by Crippen LogP contribution is 2.48. The van der Waals surface area contributed by atoms with Crippen molar-refractivity contribution in [1.82, 2.24) is 29.7 Å². The first-order valence-electron chi connectivity index (χ1n) is 24.9. The summed E-state index contributed by atoms with van der Waals surface area (Å²) in [6.07, 6.45) is 6.44. The summed E-state index contributed by atoms with van der Waals surface area (Å²) in [5.74, 6) is -0.448. The number of methoxy groups -OCH3 is 1. The topological polar surface area (TPSA) is 226 Å². The summed E-state index contributed by atoms with van der Waals surface area (Å²) in [5.41, 5.74) is 0.289. The van der Waals surface area contributed by atoms with E-state index in [-0.39, 0.29) is 47.9 Å². The Morgan fingerprint density at radius 3 is 2.18 bits per heavy atom. The predicted octanol–water partition coefficient (Wildman–Crippen LogP) is 5.19. The minimum atomic E-state index is -1.19. The number of carbonyl (C=O) groups is 5. The lowest BCUT2D eigenvalue weighted by Gasteiger charge is -2.39. The molecule has 6 aromatic rings. The van der Waals surface area contributed by atoms with Gasteiger partial charge in [0.05, 0.1) is 47.6 Å². The maximum atomic E-state index is 13.9. The molecule has 1 aliphatic carbocycles. The Labute approximate surface area is 423 Å². The van der Waals surface area contributed by atoms with Gasteiger partial charge in [-0.05, 0) is 123 Å². The molecule has 380 valence electrons. The van der Waals surface area contributed by atoms with Crippen molar-refractivity contribution in [3.8, 4) is 17.2 Å². The Hall–Kier alpha value is -8.10. The van der Waals surface area contributed by atoms with E-state index in [9.17, 15) is 38.0 Å². The Morgan fingerprint density at radius 1 is 0.797 bits per heavy atom. The van der Waals surface area contributed by atoms with Crippen LogP contribution < -0.4 is 46.8 Å². The molecule has 4 N–H and O–H groups in total. The fourth-order valence-electron chi connectivity index (χ4n) is 11.0. The fraction of sp³-hybridized carbons (Fsp3) is 0.352. The van der Waals surface area contributed by atoms with Crippen LogP contribution in [0.4, 0.5) is 27.1 Å². The maximum absolute atomic E-state index is 13.9. The number of fused-ring (bicyclic) bond motifs is 4. The number of amides is 5. The van der Waals surface area contributed by atoms with Crippen molar-refractivity contribution < 1.29 is 37.8 Å². The van der Waals surface area contributed by atoms with Crippen molar-refractivity contribution in [2.75, 3.05) is 67.2 Å². The van der Waals surface area contributed by atoms with E-state index in [0.29, 0.717) is 53.4 Å². The van der Waals surface area contributed by atoms with Gasteiger partial charge in [-0.2, -0.15) is 0 Å². The largest absolute Gasteiger partial charge is 0.495 e. The van der Waals surface area contributed by atoms with Gasteiger partial charge in [-0.3, -0.25) is 63.2 Å². The third-order valence-corrected chi connectivity index (χ3v) is 15.1. The van der Waals surface area contributed by atoms with Crippen molar-refractivity contribution in [2.24, 2.45) is 11.3 Å². The minimum Gasteiger partial charge on any atom is -0.495 e. The average Bonchev–Trinajstić information content (AvgIpc) is 4.04. The summed E-state index contributed by atoms with van der Waals surface area (Å²) in [5, 5.41) is 11.4. The highest BCUT2D eigenvalue weighted by molar-refractivity contribution is 6.17. The van der Waals surface area contributed by atoms with Gasteiger partial charge >= 0.3 is 0 Å². The molecule has 0 radical (unpaired) electrons. The van der Waals surface area contributed by atoms with Gasteiger partial charge in [0.1, 0.15) is 34.5 Å². The van der Waals surface area contributed by atoms with E-state index in [1.165, 1.54) is 24.3 Å². The molecule has 5 fully saturated rings. The number of halogens is 1. The second kappa shape index (κ2) is 19.7. The number of rotatable bonds is 14. The number of pyridine rings is 1. The number of ether oxygens (including phenoxy) is 2. The number of benzene rings is 4. The molecule has 11 rings (SSSR count). The number of hydrogen-bond donors (Lipinski definition) is 4. The van der Waals surface area contributed by atoms with Crippen LogP contribution in [0.25, 0.3) is 21.8 Å². The molecule has 5 amide bonds.